The van der Waals surface area contributed by atoms with Gasteiger partial charge in [-0.15, -0.1) is 0 Å². The van der Waals surface area contributed by atoms with Crippen LogP contribution in [0.1, 0.15) is 46.2 Å². The summed E-state index contributed by atoms with van der Waals surface area (Å²) in [6.07, 6.45) is -1.84. The number of aryl methyl sites for hydroxylation is 2. The smallest absolute Gasteiger partial charge is 0.166 e. The molecule has 1 unspecified atom stereocenters. The van der Waals surface area contributed by atoms with E-state index >= 15 is 0 Å². The number of rotatable bonds is 2. The van der Waals surface area contributed by atoms with Gasteiger partial charge >= 0.3 is 6.18 Å². The van der Waals surface area contributed by atoms with E-state index in [0.717, 1.165) is 22.3 Å². The second-order valence-corrected chi connectivity index (χ2v) is 7.35. The second kappa shape index (κ2) is 6.37. The molecule has 1 aliphatic carbocycles. The molecule has 0 amide bonds. The standard InChI is InChI=1S/C20H17Cl2F3/c1-10-4-5-18(21)17(19(10)22)8-13-7-15-11(2)6-14(20(23,24)25)9-16(15)12(13)3/h4-7,9,12H,8H2,1-3H3. The fraction of sp³-hybridized carbons (Fsp3) is 0.300. The van der Waals surface area contributed by atoms with Crippen molar-refractivity contribution in [3.63, 3.8) is 0 Å². The molecular formula is C20H17Cl2F3. The highest BCUT2D eigenvalue weighted by atomic mass is 35.5. The number of benzene rings is 2. The van der Waals surface area contributed by atoms with E-state index in [-0.39, 0.29) is 5.92 Å². The third-order valence-corrected chi connectivity index (χ3v) is 5.74. The maximum atomic E-state index is 13.1. The molecule has 0 bridgehead atoms. The number of fused-ring (bicyclic) bond motifs is 1. The molecule has 2 aromatic carbocycles. The lowest BCUT2D eigenvalue weighted by atomic mass is 9.91. The Morgan fingerprint density at radius 2 is 1.72 bits per heavy atom. The number of alkyl halides is 3. The van der Waals surface area contributed by atoms with Crippen LogP contribution < -0.4 is 0 Å². The molecule has 0 heterocycles. The molecule has 0 nitrogen and oxygen atoms in total. The van der Waals surface area contributed by atoms with E-state index < -0.39 is 11.7 Å². The van der Waals surface area contributed by atoms with Gasteiger partial charge in [-0.3, -0.25) is 0 Å². The van der Waals surface area contributed by atoms with Gasteiger partial charge in [0.2, 0.25) is 0 Å². The monoisotopic (exact) mass is 384 g/mol. The van der Waals surface area contributed by atoms with E-state index in [4.69, 9.17) is 23.2 Å². The van der Waals surface area contributed by atoms with Crippen LogP contribution in [-0.4, -0.2) is 0 Å². The van der Waals surface area contributed by atoms with Crippen LogP contribution in [-0.2, 0) is 12.6 Å². The van der Waals surface area contributed by atoms with Crippen molar-refractivity contribution in [3.05, 3.63) is 73.3 Å². The van der Waals surface area contributed by atoms with E-state index in [0.29, 0.717) is 27.6 Å². The van der Waals surface area contributed by atoms with Crippen molar-refractivity contribution in [3.8, 4) is 0 Å². The molecule has 1 atom stereocenters. The summed E-state index contributed by atoms with van der Waals surface area (Å²) in [6, 6.07) is 6.13. The van der Waals surface area contributed by atoms with Crippen molar-refractivity contribution in [1.82, 2.24) is 0 Å². The Morgan fingerprint density at radius 3 is 2.36 bits per heavy atom. The van der Waals surface area contributed by atoms with Crippen molar-refractivity contribution in [2.24, 2.45) is 0 Å². The van der Waals surface area contributed by atoms with E-state index in [1.54, 1.807) is 13.0 Å². The molecule has 0 aromatic heterocycles. The summed E-state index contributed by atoms with van der Waals surface area (Å²) in [5, 5.41) is 1.19. The first-order valence-corrected chi connectivity index (χ1v) is 8.71. The third kappa shape index (κ3) is 3.32. The van der Waals surface area contributed by atoms with E-state index in [1.807, 2.05) is 26.0 Å². The lowest BCUT2D eigenvalue weighted by Crippen LogP contribution is -2.07. The molecular weight excluding hydrogens is 368 g/mol. The van der Waals surface area contributed by atoms with Gasteiger partial charge in [0, 0.05) is 16.0 Å². The highest BCUT2D eigenvalue weighted by Crippen LogP contribution is 2.43. The zero-order valence-electron chi connectivity index (χ0n) is 14.1. The summed E-state index contributed by atoms with van der Waals surface area (Å²) in [6.45, 7) is 5.55. The van der Waals surface area contributed by atoms with Crippen LogP contribution in [0.5, 0.6) is 0 Å². The third-order valence-electron chi connectivity index (χ3n) is 4.86. The predicted molar refractivity (Wildman–Crippen MR) is 97.5 cm³/mol. The number of allylic oxidation sites excluding steroid dienone is 1. The van der Waals surface area contributed by atoms with Crippen LogP contribution in [0.15, 0.2) is 29.8 Å². The van der Waals surface area contributed by atoms with Gasteiger partial charge in [0.05, 0.1) is 5.56 Å². The minimum atomic E-state index is -4.34. The highest BCUT2D eigenvalue weighted by Gasteiger charge is 2.34. The van der Waals surface area contributed by atoms with Gasteiger partial charge in [0.15, 0.2) is 0 Å². The Kier molecular flexibility index (Phi) is 4.67. The molecule has 0 radical (unpaired) electrons. The summed E-state index contributed by atoms with van der Waals surface area (Å²) in [5.74, 6) is -0.108. The van der Waals surface area contributed by atoms with Crippen LogP contribution in [0.4, 0.5) is 13.2 Å². The maximum Gasteiger partial charge on any atom is 0.416 e. The molecule has 0 saturated carbocycles. The quantitative estimate of drug-likeness (QED) is 0.506. The SMILES string of the molecule is Cc1ccc(Cl)c(CC2=Cc3c(C)cc(C(F)(F)F)cc3C2C)c1Cl. The lowest BCUT2D eigenvalue weighted by molar-refractivity contribution is -0.137. The Bertz CT molecular complexity index is 879. The van der Waals surface area contributed by atoms with Crippen molar-refractivity contribution in [2.75, 3.05) is 0 Å². The normalized spacial score (nSPS) is 16.8. The zero-order valence-corrected chi connectivity index (χ0v) is 15.6. The Morgan fingerprint density at radius 1 is 1.04 bits per heavy atom. The number of halogens is 5. The van der Waals surface area contributed by atoms with Crippen LogP contribution in [0.3, 0.4) is 0 Å². The van der Waals surface area contributed by atoms with Gasteiger partial charge in [-0.1, -0.05) is 47.8 Å². The fourth-order valence-corrected chi connectivity index (χ4v) is 3.84. The second-order valence-electron chi connectivity index (χ2n) is 6.57. The maximum absolute atomic E-state index is 13.1. The first-order chi connectivity index (χ1) is 11.6. The number of hydrogen-bond acceptors (Lipinski definition) is 0. The van der Waals surface area contributed by atoms with Crippen LogP contribution >= 0.6 is 23.2 Å². The summed E-state index contributed by atoms with van der Waals surface area (Å²) < 4.78 is 39.3. The van der Waals surface area contributed by atoms with Crippen molar-refractivity contribution in [2.45, 2.75) is 39.3 Å². The van der Waals surface area contributed by atoms with Crippen molar-refractivity contribution < 1.29 is 13.2 Å². The summed E-state index contributed by atoms with van der Waals surface area (Å²) in [7, 11) is 0. The van der Waals surface area contributed by atoms with E-state index in [9.17, 15) is 13.2 Å². The average molecular weight is 385 g/mol. The summed E-state index contributed by atoms with van der Waals surface area (Å²) in [5.41, 5.74) is 4.39. The van der Waals surface area contributed by atoms with E-state index in [2.05, 4.69) is 0 Å². The predicted octanol–water partition coefficient (Wildman–Crippen LogP) is 7.37. The number of hydrogen-bond donors (Lipinski definition) is 0. The molecule has 0 aliphatic heterocycles. The minimum absolute atomic E-state index is 0.108. The van der Waals surface area contributed by atoms with Gasteiger partial charge in [0.1, 0.15) is 0 Å². The van der Waals surface area contributed by atoms with Gasteiger partial charge in [-0.2, -0.15) is 13.2 Å². The van der Waals surface area contributed by atoms with E-state index in [1.165, 1.54) is 12.1 Å². The first-order valence-electron chi connectivity index (χ1n) is 7.95. The minimum Gasteiger partial charge on any atom is -0.166 e. The molecule has 25 heavy (non-hydrogen) atoms. The molecule has 0 saturated heterocycles. The molecule has 0 fully saturated rings. The first kappa shape index (κ1) is 18.3. The lowest BCUT2D eigenvalue weighted by Gasteiger charge is -2.16. The average Bonchev–Trinajstić information content (AvgIpc) is 2.84. The van der Waals surface area contributed by atoms with Crippen LogP contribution in [0.25, 0.3) is 6.08 Å². The highest BCUT2D eigenvalue weighted by molar-refractivity contribution is 6.36. The van der Waals surface area contributed by atoms with Gasteiger partial charge in [-0.25, -0.2) is 0 Å². The molecule has 1 aliphatic rings. The van der Waals surface area contributed by atoms with Gasteiger partial charge in [0.25, 0.3) is 0 Å². The van der Waals surface area contributed by atoms with Gasteiger partial charge < -0.3 is 0 Å². The zero-order chi connectivity index (χ0) is 18.5. The summed E-state index contributed by atoms with van der Waals surface area (Å²) in [4.78, 5) is 0. The molecule has 0 spiro atoms. The van der Waals surface area contributed by atoms with Crippen molar-refractivity contribution >= 4 is 29.3 Å². The van der Waals surface area contributed by atoms with Gasteiger partial charge in [-0.05, 0) is 66.3 Å². The topological polar surface area (TPSA) is 0 Å². The van der Waals surface area contributed by atoms with Crippen LogP contribution in [0, 0.1) is 13.8 Å². The largest absolute Gasteiger partial charge is 0.416 e. The molecule has 2 aromatic rings. The van der Waals surface area contributed by atoms with Crippen molar-refractivity contribution in [1.29, 1.82) is 0 Å². The molecule has 132 valence electrons. The summed E-state index contributed by atoms with van der Waals surface area (Å²) >= 11 is 12.7. The molecule has 3 rings (SSSR count). The Labute approximate surface area is 155 Å². The van der Waals surface area contributed by atoms with Crippen LogP contribution in [0.2, 0.25) is 10.0 Å². The molecule has 5 heteroatoms. The Balaban J connectivity index is 2.01. The Hall–Kier alpha value is -1.45. The molecule has 0 N–H and O–H groups in total. The fourth-order valence-electron chi connectivity index (χ4n) is 3.34.